The minimum absolute atomic E-state index is 0.0887. The van der Waals surface area contributed by atoms with Gasteiger partial charge in [0.1, 0.15) is 0 Å². The van der Waals surface area contributed by atoms with Crippen LogP contribution in [0.15, 0.2) is 24.3 Å². The second-order valence-electron chi connectivity index (χ2n) is 5.11. The average Bonchev–Trinajstić information content (AvgIpc) is 2.40. The van der Waals surface area contributed by atoms with E-state index in [0.29, 0.717) is 18.2 Å². The van der Waals surface area contributed by atoms with Gasteiger partial charge in [0.15, 0.2) is 0 Å². The van der Waals surface area contributed by atoms with Crippen LogP contribution in [0.1, 0.15) is 19.4 Å². The van der Waals surface area contributed by atoms with Crippen LogP contribution in [-0.2, 0) is 16.1 Å². The number of hydrogen-bond acceptors (Lipinski definition) is 4. The number of amides is 1. The first kappa shape index (κ1) is 17.9. The van der Waals surface area contributed by atoms with Crippen molar-refractivity contribution in [2.75, 3.05) is 19.7 Å². The molecule has 5 nitrogen and oxygen atoms in total. The zero-order valence-electron chi connectivity index (χ0n) is 12.4. The first-order chi connectivity index (χ1) is 9.99. The molecule has 0 heterocycles. The van der Waals surface area contributed by atoms with Gasteiger partial charge in [0.2, 0.25) is 5.91 Å². The highest BCUT2D eigenvalue weighted by atomic mass is 35.5. The average molecular weight is 315 g/mol. The third kappa shape index (κ3) is 8.02. The van der Waals surface area contributed by atoms with Crippen LogP contribution >= 0.6 is 11.6 Å². The summed E-state index contributed by atoms with van der Waals surface area (Å²) in [5, 5.41) is 16.0. The summed E-state index contributed by atoms with van der Waals surface area (Å²) in [4.78, 5) is 11.4. The van der Waals surface area contributed by atoms with E-state index in [-0.39, 0.29) is 25.1 Å². The fourth-order valence-corrected chi connectivity index (χ4v) is 1.89. The number of rotatable bonds is 9. The summed E-state index contributed by atoms with van der Waals surface area (Å²) in [7, 11) is 0. The van der Waals surface area contributed by atoms with E-state index in [1.165, 1.54) is 0 Å². The highest BCUT2D eigenvalue weighted by Crippen LogP contribution is 2.15. The van der Waals surface area contributed by atoms with Crippen molar-refractivity contribution >= 4 is 17.5 Å². The molecule has 3 N–H and O–H groups in total. The van der Waals surface area contributed by atoms with Crippen LogP contribution in [0.4, 0.5) is 0 Å². The van der Waals surface area contributed by atoms with Gasteiger partial charge in [0, 0.05) is 17.6 Å². The highest BCUT2D eigenvalue weighted by Gasteiger charge is 2.07. The van der Waals surface area contributed by atoms with Gasteiger partial charge in [-0.3, -0.25) is 4.79 Å². The number of benzene rings is 1. The van der Waals surface area contributed by atoms with Crippen molar-refractivity contribution in [1.82, 2.24) is 10.6 Å². The Morgan fingerprint density at radius 2 is 2.10 bits per heavy atom. The molecule has 1 aromatic rings. The third-order valence-electron chi connectivity index (χ3n) is 2.64. The number of nitrogens with one attached hydrogen (secondary N) is 2. The van der Waals surface area contributed by atoms with E-state index < -0.39 is 6.10 Å². The van der Waals surface area contributed by atoms with Gasteiger partial charge in [-0.1, -0.05) is 29.8 Å². The smallest absolute Gasteiger partial charge is 0.234 e. The molecule has 0 aliphatic rings. The van der Waals surface area contributed by atoms with E-state index >= 15 is 0 Å². The second kappa shape index (κ2) is 9.73. The minimum atomic E-state index is -0.667. The fraction of sp³-hybridized carbons (Fsp3) is 0.533. The van der Waals surface area contributed by atoms with Gasteiger partial charge in [-0.15, -0.1) is 0 Å². The molecule has 0 fully saturated rings. The highest BCUT2D eigenvalue weighted by molar-refractivity contribution is 6.31. The van der Waals surface area contributed by atoms with E-state index in [2.05, 4.69) is 10.6 Å². The largest absolute Gasteiger partial charge is 0.389 e. The van der Waals surface area contributed by atoms with Crippen molar-refractivity contribution in [1.29, 1.82) is 0 Å². The zero-order chi connectivity index (χ0) is 15.7. The third-order valence-corrected chi connectivity index (χ3v) is 3.01. The normalized spacial score (nSPS) is 12.4. The molecule has 1 rings (SSSR count). The van der Waals surface area contributed by atoms with Crippen LogP contribution in [0.25, 0.3) is 0 Å². The Balaban J connectivity index is 2.13. The number of ether oxygens (including phenoxy) is 1. The van der Waals surface area contributed by atoms with E-state index in [4.69, 9.17) is 16.3 Å². The maximum atomic E-state index is 11.4. The van der Waals surface area contributed by atoms with E-state index in [9.17, 15) is 9.90 Å². The Kier molecular flexibility index (Phi) is 8.30. The summed E-state index contributed by atoms with van der Waals surface area (Å²) in [6, 6.07) is 7.53. The molecule has 0 radical (unpaired) electrons. The molecule has 1 unspecified atom stereocenters. The molecule has 6 heteroatoms. The van der Waals surface area contributed by atoms with Crippen LogP contribution in [0.2, 0.25) is 5.02 Å². The lowest BCUT2D eigenvalue weighted by Gasteiger charge is -2.13. The monoisotopic (exact) mass is 314 g/mol. The Bertz CT molecular complexity index is 441. The zero-order valence-corrected chi connectivity index (χ0v) is 13.2. The fourth-order valence-electron chi connectivity index (χ4n) is 1.70. The van der Waals surface area contributed by atoms with Crippen molar-refractivity contribution in [2.45, 2.75) is 32.6 Å². The first-order valence-corrected chi connectivity index (χ1v) is 7.36. The van der Waals surface area contributed by atoms with Crippen molar-refractivity contribution in [2.24, 2.45) is 0 Å². The van der Waals surface area contributed by atoms with Crippen LogP contribution in [0, 0.1) is 0 Å². The summed E-state index contributed by atoms with van der Waals surface area (Å²) in [5.74, 6) is -0.0887. The molecule has 1 amide bonds. The van der Waals surface area contributed by atoms with E-state index in [1.54, 1.807) is 6.07 Å². The predicted molar refractivity (Wildman–Crippen MR) is 83.3 cm³/mol. The van der Waals surface area contributed by atoms with Gasteiger partial charge >= 0.3 is 0 Å². The number of carbonyl (C=O) groups excluding carboxylic acids is 1. The van der Waals surface area contributed by atoms with Gasteiger partial charge < -0.3 is 20.5 Å². The number of aliphatic hydroxyl groups is 1. The molecule has 0 aliphatic carbocycles. The molecular weight excluding hydrogens is 292 g/mol. The van der Waals surface area contributed by atoms with Crippen LogP contribution in [0.3, 0.4) is 0 Å². The lowest BCUT2D eigenvalue weighted by Crippen LogP contribution is -2.40. The molecule has 0 saturated carbocycles. The Hall–Kier alpha value is -1.14. The van der Waals surface area contributed by atoms with Crippen molar-refractivity contribution in [3.8, 4) is 0 Å². The Labute approximate surface area is 130 Å². The summed E-state index contributed by atoms with van der Waals surface area (Å²) in [6.45, 7) is 4.81. The summed E-state index contributed by atoms with van der Waals surface area (Å²) < 4.78 is 5.41. The van der Waals surface area contributed by atoms with Gasteiger partial charge in [-0.25, -0.2) is 0 Å². The lowest BCUT2D eigenvalue weighted by molar-refractivity contribution is -0.120. The predicted octanol–water partition coefficient (Wildman–Crippen LogP) is 1.33. The van der Waals surface area contributed by atoms with Crippen molar-refractivity contribution in [3.63, 3.8) is 0 Å². The SMILES string of the molecule is CC(C)NC(=O)CNCC(O)COCc1ccccc1Cl. The minimum Gasteiger partial charge on any atom is -0.389 e. The molecule has 1 atom stereocenters. The topological polar surface area (TPSA) is 70.6 Å². The van der Waals surface area contributed by atoms with Crippen LogP contribution in [-0.4, -0.2) is 42.9 Å². The van der Waals surface area contributed by atoms with E-state index in [0.717, 1.165) is 5.56 Å². The van der Waals surface area contributed by atoms with Crippen molar-refractivity contribution < 1.29 is 14.6 Å². The number of hydrogen-bond donors (Lipinski definition) is 3. The lowest BCUT2D eigenvalue weighted by atomic mass is 10.2. The molecule has 0 aliphatic heterocycles. The quantitative estimate of drug-likeness (QED) is 0.643. The van der Waals surface area contributed by atoms with Crippen LogP contribution in [0.5, 0.6) is 0 Å². The standard InChI is InChI=1S/C15H23ClN2O3/c1-11(2)18-15(20)8-17-7-13(19)10-21-9-12-5-3-4-6-14(12)16/h3-6,11,13,17,19H,7-10H2,1-2H3,(H,18,20). The van der Waals surface area contributed by atoms with Gasteiger partial charge in [-0.05, 0) is 25.5 Å². The molecule has 0 saturated heterocycles. The molecule has 118 valence electrons. The second-order valence-corrected chi connectivity index (χ2v) is 5.52. The summed E-state index contributed by atoms with van der Waals surface area (Å²) in [6.07, 6.45) is -0.667. The maximum absolute atomic E-state index is 11.4. The number of halogens is 1. The van der Waals surface area contributed by atoms with Crippen LogP contribution < -0.4 is 10.6 Å². The number of carbonyl (C=O) groups is 1. The molecule has 21 heavy (non-hydrogen) atoms. The molecule has 0 spiro atoms. The summed E-state index contributed by atoms with van der Waals surface area (Å²) in [5.41, 5.74) is 0.885. The Morgan fingerprint density at radius 1 is 1.38 bits per heavy atom. The maximum Gasteiger partial charge on any atom is 0.234 e. The van der Waals surface area contributed by atoms with E-state index in [1.807, 2.05) is 32.0 Å². The molecule has 0 bridgehead atoms. The first-order valence-electron chi connectivity index (χ1n) is 6.98. The molecular formula is C15H23ClN2O3. The molecule has 1 aromatic carbocycles. The van der Waals surface area contributed by atoms with Crippen molar-refractivity contribution in [3.05, 3.63) is 34.9 Å². The molecule has 0 aromatic heterocycles. The summed E-state index contributed by atoms with van der Waals surface area (Å²) >= 11 is 6.00. The number of aliphatic hydroxyl groups excluding tert-OH is 1. The van der Waals surface area contributed by atoms with Gasteiger partial charge in [0.05, 0.1) is 25.9 Å². The van der Waals surface area contributed by atoms with Gasteiger partial charge in [-0.2, -0.15) is 0 Å². The Morgan fingerprint density at radius 3 is 2.76 bits per heavy atom. The van der Waals surface area contributed by atoms with Gasteiger partial charge in [0.25, 0.3) is 0 Å².